The Labute approximate surface area is 175 Å². The third-order valence-electron chi connectivity index (χ3n) is 4.42. The second-order valence-corrected chi connectivity index (χ2v) is 7.21. The highest BCUT2D eigenvalue weighted by atomic mass is 79.9. The molecule has 0 amide bonds. The first-order valence-electron chi connectivity index (χ1n) is 8.90. The number of benzene rings is 2. The average Bonchev–Trinajstić information content (AvgIpc) is 3.30. The minimum Gasteiger partial charge on any atom is -0.454 e. The molecule has 2 aromatic heterocycles. The number of esters is 1. The minimum absolute atomic E-state index is 0.0116. The predicted molar refractivity (Wildman–Crippen MR) is 110 cm³/mol. The molecule has 0 unspecified atom stereocenters. The number of oxazole rings is 1. The van der Waals surface area contributed by atoms with Crippen LogP contribution in [-0.4, -0.2) is 25.9 Å². The fourth-order valence-electron chi connectivity index (χ4n) is 2.84. The SMILES string of the molecule is Cc1oc(-c2ccccc2)nc1COC(=O)c1nnn(-c2ccccc2Br)c1C. The van der Waals surface area contributed by atoms with Gasteiger partial charge in [-0.1, -0.05) is 35.5 Å². The standard InChI is InChI=1S/C21H17BrN4O3/c1-13-19(24-25-26(13)18-11-7-6-10-16(18)22)21(27)28-12-17-14(2)29-20(23-17)15-8-4-3-5-9-15/h3-11H,12H2,1-2H3. The third-order valence-corrected chi connectivity index (χ3v) is 5.09. The predicted octanol–water partition coefficient (Wildman–Crippen LogP) is 4.66. The summed E-state index contributed by atoms with van der Waals surface area (Å²) < 4.78 is 13.6. The number of para-hydroxylation sites is 1. The zero-order chi connectivity index (χ0) is 20.4. The lowest BCUT2D eigenvalue weighted by molar-refractivity contribution is 0.0459. The maximum Gasteiger partial charge on any atom is 0.361 e. The first-order valence-corrected chi connectivity index (χ1v) is 9.70. The zero-order valence-electron chi connectivity index (χ0n) is 15.8. The van der Waals surface area contributed by atoms with E-state index in [2.05, 4.69) is 31.2 Å². The summed E-state index contributed by atoms with van der Waals surface area (Å²) in [7, 11) is 0. The Morgan fingerprint density at radius 2 is 1.83 bits per heavy atom. The number of aryl methyl sites for hydroxylation is 1. The van der Waals surface area contributed by atoms with E-state index in [1.165, 1.54) is 0 Å². The first-order chi connectivity index (χ1) is 14.0. The summed E-state index contributed by atoms with van der Waals surface area (Å²) in [6, 6.07) is 17.1. The van der Waals surface area contributed by atoms with Gasteiger partial charge < -0.3 is 9.15 Å². The van der Waals surface area contributed by atoms with Gasteiger partial charge in [0.25, 0.3) is 0 Å². The van der Waals surface area contributed by atoms with E-state index in [4.69, 9.17) is 9.15 Å². The van der Waals surface area contributed by atoms with E-state index in [1.54, 1.807) is 18.5 Å². The van der Waals surface area contributed by atoms with Gasteiger partial charge >= 0.3 is 5.97 Å². The van der Waals surface area contributed by atoms with Crippen molar-refractivity contribution in [2.75, 3.05) is 0 Å². The molecule has 0 aliphatic heterocycles. The monoisotopic (exact) mass is 452 g/mol. The van der Waals surface area contributed by atoms with Crippen LogP contribution < -0.4 is 0 Å². The van der Waals surface area contributed by atoms with Gasteiger partial charge in [0.1, 0.15) is 18.1 Å². The van der Waals surface area contributed by atoms with Crippen molar-refractivity contribution in [2.24, 2.45) is 0 Å². The van der Waals surface area contributed by atoms with Gasteiger partial charge in [-0.3, -0.25) is 0 Å². The van der Waals surface area contributed by atoms with Crippen molar-refractivity contribution in [3.05, 3.63) is 81.9 Å². The quantitative estimate of drug-likeness (QED) is 0.409. The molecule has 2 aromatic carbocycles. The molecule has 0 fully saturated rings. The largest absolute Gasteiger partial charge is 0.454 e. The molecule has 4 rings (SSSR count). The molecule has 7 nitrogen and oxygen atoms in total. The minimum atomic E-state index is -0.565. The molecule has 0 bridgehead atoms. The maximum absolute atomic E-state index is 12.5. The lowest BCUT2D eigenvalue weighted by Crippen LogP contribution is -2.09. The summed E-state index contributed by atoms with van der Waals surface area (Å²) in [5, 5.41) is 8.08. The van der Waals surface area contributed by atoms with Gasteiger partial charge in [0.05, 0.1) is 11.4 Å². The van der Waals surface area contributed by atoms with Crippen molar-refractivity contribution in [2.45, 2.75) is 20.5 Å². The van der Waals surface area contributed by atoms with Crippen LogP contribution in [0.1, 0.15) is 27.6 Å². The van der Waals surface area contributed by atoms with Crippen LogP contribution in [0, 0.1) is 13.8 Å². The van der Waals surface area contributed by atoms with Crippen molar-refractivity contribution < 1.29 is 13.9 Å². The molecule has 146 valence electrons. The molecule has 0 N–H and O–H groups in total. The van der Waals surface area contributed by atoms with Crippen LogP contribution in [0.25, 0.3) is 17.1 Å². The number of rotatable bonds is 5. The van der Waals surface area contributed by atoms with Gasteiger partial charge in [-0.25, -0.2) is 14.5 Å². The molecule has 4 aromatic rings. The molecular formula is C21H17BrN4O3. The van der Waals surface area contributed by atoms with E-state index < -0.39 is 5.97 Å². The van der Waals surface area contributed by atoms with Crippen LogP contribution in [0.5, 0.6) is 0 Å². The topological polar surface area (TPSA) is 83.0 Å². The molecule has 0 saturated heterocycles. The van der Waals surface area contributed by atoms with Crippen LogP contribution >= 0.6 is 15.9 Å². The maximum atomic E-state index is 12.5. The number of ether oxygens (including phenoxy) is 1. The third kappa shape index (κ3) is 3.84. The highest BCUT2D eigenvalue weighted by Gasteiger charge is 2.21. The lowest BCUT2D eigenvalue weighted by atomic mass is 10.2. The summed E-state index contributed by atoms with van der Waals surface area (Å²) in [5.74, 6) is 0.528. The molecule has 0 atom stereocenters. The van der Waals surface area contributed by atoms with Gasteiger partial charge in [0, 0.05) is 10.0 Å². The Morgan fingerprint density at radius 1 is 1.10 bits per heavy atom. The van der Waals surface area contributed by atoms with Crippen molar-refractivity contribution in [1.82, 2.24) is 20.0 Å². The number of halogens is 1. The molecule has 0 aliphatic carbocycles. The van der Waals surface area contributed by atoms with Crippen LogP contribution in [0.2, 0.25) is 0 Å². The molecule has 2 heterocycles. The highest BCUT2D eigenvalue weighted by Crippen LogP contribution is 2.23. The first kappa shape index (κ1) is 19.1. The number of nitrogens with zero attached hydrogens (tertiary/aromatic N) is 4. The number of carbonyl (C=O) groups is 1. The smallest absolute Gasteiger partial charge is 0.361 e. The van der Waals surface area contributed by atoms with Gasteiger partial charge in [-0.2, -0.15) is 0 Å². The Kier molecular flexibility index (Phi) is 5.26. The molecular weight excluding hydrogens is 436 g/mol. The number of hydrogen-bond donors (Lipinski definition) is 0. The van der Waals surface area contributed by atoms with E-state index >= 15 is 0 Å². The Balaban J connectivity index is 1.50. The summed E-state index contributed by atoms with van der Waals surface area (Å²) in [4.78, 5) is 17.0. The van der Waals surface area contributed by atoms with Crippen LogP contribution in [-0.2, 0) is 11.3 Å². The Bertz CT molecular complexity index is 1170. The number of aromatic nitrogens is 4. The molecule has 0 saturated carbocycles. The summed E-state index contributed by atoms with van der Waals surface area (Å²) >= 11 is 3.48. The number of hydrogen-bond acceptors (Lipinski definition) is 6. The zero-order valence-corrected chi connectivity index (χ0v) is 17.4. The normalized spacial score (nSPS) is 10.9. The number of carbonyl (C=O) groups excluding carboxylic acids is 1. The fraction of sp³-hybridized carbons (Fsp3) is 0.143. The molecule has 0 aliphatic rings. The van der Waals surface area contributed by atoms with Gasteiger partial charge in [0.15, 0.2) is 5.69 Å². The van der Waals surface area contributed by atoms with E-state index in [9.17, 15) is 4.79 Å². The lowest BCUT2D eigenvalue weighted by Gasteiger charge is -2.06. The van der Waals surface area contributed by atoms with Crippen molar-refractivity contribution in [3.8, 4) is 17.1 Å². The van der Waals surface area contributed by atoms with Gasteiger partial charge in [0.2, 0.25) is 5.89 Å². The molecule has 0 radical (unpaired) electrons. The Morgan fingerprint density at radius 3 is 2.59 bits per heavy atom. The highest BCUT2D eigenvalue weighted by molar-refractivity contribution is 9.10. The van der Waals surface area contributed by atoms with E-state index in [0.29, 0.717) is 23.0 Å². The van der Waals surface area contributed by atoms with Gasteiger partial charge in [-0.05, 0) is 54.0 Å². The van der Waals surface area contributed by atoms with Gasteiger partial charge in [-0.15, -0.1) is 5.10 Å². The van der Waals surface area contributed by atoms with E-state index in [-0.39, 0.29) is 12.3 Å². The summed E-state index contributed by atoms with van der Waals surface area (Å²) in [6.07, 6.45) is 0. The van der Waals surface area contributed by atoms with E-state index in [0.717, 1.165) is 15.7 Å². The second-order valence-electron chi connectivity index (χ2n) is 6.35. The summed E-state index contributed by atoms with van der Waals surface area (Å²) in [5.41, 5.74) is 2.96. The molecule has 8 heteroatoms. The van der Waals surface area contributed by atoms with Crippen LogP contribution in [0.4, 0.5) is 0 Å². The summed E-state index contributed by atoms with van der Waals surface area (Å²) in [6.45, 7) is 3.55. The van der Waals surface area contributed by atoms with Crippen molar-refractivity contribution in [3.63, 3.8) is 0 Å². The van der Waals surface area contributed by atoms with Crippen LogP contribution in [0.15, 0.2) is 63.5 Å². The van der Waals surface area contributed by atoms with Crippen molar-refractivity contribution in [1.29, 1.82) is 0 Å². The molecule has 0 spiro atoms. The second kappa shape index (κ2) is 8.00. The Hall–Kier alpha value is -3.26. The molecule has 29 heavy (non-hydrogen) atoms. The van der Waals surface area contributed by atoms with Crippen LogP contribution in [0.3, 0.4) is 0 Å². The average molecular weight is 453 g/mol. The fourth-order valence-corrected chi connectivity index (χ4v) is 3.29. The van der Waals surface area contributed by atoms with Crippen molar-refractivity contribution >= 4 is 21.9 Å². The van der Waals surface area contributed by atoms with E-state index in [1.807, 2.05) is 54.6 Å².